The van der Waals surface area contributed by atoms with E-state index < -0.39 is 12.4 Å². The Morgan fingerprint density at radius 3 is 2.59 bits per heavy atom. The van der Waals surface area contributed by atoms with Gasteiger partial charge in [0.25, 0.3) is 0 Å². The number of H-pyrrole nitrogens is 1. The van der Waals surface area contributed by atoms with Crippen molar-refractivity contribution in [3.8, 4) is 29.0 Å². The van der Waals surface area contributed by atoms with Crippen molar-refractivity contribution in [2.24, 2.45) is 0 Å². The summed E-state index contributed by atoms with van der Waals surface area (Å²) in [5.74, 6) is 0.646. The number of nitrogens with one attached hydrogen (secondary N) is 2. The Kier molecular flexibility index (Phi) is 5.50. The van der Waals surface area contributed by atoms with Crippen molar-refractivity contribution in [3.63, 3.8) is 0 Å². The van der Waals surface area contributed by atoms with E-state index in [-0.39, 0.29) is 17.4 Å². The molecule has 0 aliphatic carbocycles. The Morgan fingerprint density at radius 1 is 1.00 bits per heavy atom. The minimum atomic E-state index is -4.96. The van der Waals surface area contributed by atoms with Crippen LogP contribution in [0, 0.1) is 6.92 Å². The summed E-state index contributed by atoms with van der Waals surface area (Å²) in [4.78, 5) is 11.4. The van der Waals surface area contributed by atoms with Gasteiger partial charge >= 0.3 is 12.4 Å². The topological polar surface area (TPSA) is 124 Å². The number of benzene rings is 2. The van der Waals surface area contributed by atoms with Crippen LogP contribution in [-0.4, -0.2) is 31.5 Å². The van der Waals surface area contributed by atoms with Crippen LogP contribution in [0.15, 0.2) is 54.6 Å². The molecule has 4 aromatic rings. The second-order valence-electron chi connectivity index (χ2n) is 6.59. The van der Waals surface area contributed by atoms with E-state index >= 15 is 0 Å². The number of hydrogen-bond acceptors (Lipinski definition) is 8. The van der Waals surface area contributed by atoms with E-state index in [4.69, 9.17) is 10.5 Å². The van der Waals surface area contributed by atoms with Crippen molar-refractivity contribution < 1.29 is 22.6 Å². The predicted octanol–water partition coefficient (Wildman–Crippen LogP) is 4.59. The van der Waals surface area contributed by atoms with Gasteiger partial charge in [-0.15, -0.1) is 18.3 Å². The minimum Gasteiger partial charge on any atom is -0.439 e. The first-order chi connectivity index (χ1) is 15.2. The fourth-order valence-electron chi connectivity index (χ4n) is 2.75. The Bertz CT molecular complexity index is 1240. The third kappa shape index (κ3) is 5.41. The van der Waals surface area contributed by atoms with Crippen LogP contribution >= 0.6 is 0 Å². The maximum atomic E-state index is 12.4. The Morgan fingerprint density at radius 2 is 1.81 bits per heavy atom. The van der Waals surface area contributed by atoms with Crippen LogP contribution in [0.25, 0.3) is 11.4 Å². The zero-order chi connectivity index (χ0) is 22.7. The number of ether oxygens (including phenoxy) is 2. The van der Waals surface area contributed by atoms with E-state index in [0.717, 1.165) is 11.3 Å². The number of nitrogen functional groups attached to an aromatic ring is 1. The van der Waals surface area contributed by atoms with Crippen LogP contribution in [0.1, 0.15) is 5.56 Å². The molecule has 0 aliphatic rings. The Hall–Kier alpha value is -4.35. The Balaban J connectivity index is 1.52. The first kappa shape index (κ1) is 20.9. The van der Waals surface area contributed by atoms with E-state index in [1.54, 1.807) is 24.3 Å². The molecule has 2 aromatic carbocycles. The van der Waals surface area contributed by atoms with Gasteiger partial charge in [0.1, 0.15) is 11.6 Å². The van der Waals surface area contributed by atoms with Gasteiger partial charge in [-0.3, -0.25) is 5.10 Å². The molecule has 12 heteroatoms. The number of rotatable bonds is 6. The van der Waals surface area contributed by atoms with Gasteiger partial charge in [-0.1, -0.05) is 24.3 Å². The van der Waals surface area contributed by atoms with Crippen LogP contribution in [-0.2, 0) is 0 Å². The van der Waals surface area contributed by atoms with Gasteiger partial charge in [-0.05, 0) is 36.8 Å². The number of nitrogens with two attached hydrogens (primary N) is 1. The van der Waals surface area contributed by atoms with Crippen LogP contribution in [0.2, 0.25) is 0 Å². The molecule has 4 rings (SSSR count). The average Bonchev–Trinajstić information content (AvgIpc) is 3.15. The summed E-state index contributed by atoms with van der Waals surface area (Å²) in [6.45, 7) is 1.98. The van der Waals surface area contributed by atoms with Crippen molar-refractivity contribution in [1.29, 1.82) is 0 Å². The van der Waals surface area contributed by atoms with Gasteiger partial charge in [0.15, 0.2) is 5.82 Å². The molecule has 4 N–H and O–H groups in total. The molecule has 0 spiro atoms. The van der Waals surface area contributed by atoms with Gasteiger partial charge in [0.2, 0.25) is 11.8 Å². The largest absolute Gasteiger partial charge is 0.575 e. The van der Waals surface area contributed by atoms with Gasteiger partial charge in [0, 0.05) is 17.3 Å². The third-order valence-corrected chi connectivity index (χ3v) is 4.00. The standard InChI is InChI=1S/C20H16F3N7O2/c1-11-4-2-6-13(8-11)25-18-28-17(29-30-18)12-5-3-7-14(9-12)31-16-10-15(24)26-19(27-16)32-20(21,22)23/h2-10H,1H3,(H2,24,26,27)(H2,25,28,29,30). The highest BCUT2D eigenvalue weighted by atomic mass is 19.4. The van der Waals surface area contributed by atoms with E-state index in [2.05, 4.69) is 35.2 Å². The van der Waals surface area contributed by atoms with Crippen LogP contribution in [0.3, 0.4) is 0 Å². The molecule has 164 valence electrons. The molecule has 0 radical (unpaired) electrons. The Labute approximate surface area is 179 Å². The molecule has 0 bridgehead atoms. The lowest BCUT2D eigenvalue weighted by Gasteiger charge is -2.10. The number of alkyl halides is 3. The monoisotopic (exact) mass is 443 g/mol. The molecule has 0 aliphatic heterocycles. The molecule has 2 heterocycles. The number of aromatic nitrogens is 5. The number of nitrogens with zero attached hydrogens (tertiary/aromatic N) is 4. The quantitative estimate of drug-likeness (QED) is 0.395. The summed E-state index contributed by atoms with van der Waals surface area (Å²) in [6, 6.07) is 14.6. The second kappa shape index (κ2) is 8.41. The van der Waals surface area contributed by atoms with Crippen LogP contribution in [0.5, 0.6) is 17.6 Å². The SMILES string of the molecule is Cc1cccc(Nc2n[nH]c(-c3cccc(Oc4cc(N)nc(OC(F)(F)F)n4)c3)n2)c1. The smallest absolute Gasteiger partial charge is 0.439 e. The van der Waals surface area contributed by atoms with Crippen molar-refractivity contribution in [1.82, 2.24) is 25.1 Å². The number of anilines is 3. The highest BCUT2D eigenvalue weighted by Crippen LogP contribution is 2.28. The van der Waals surface area contributed by atoms with E-state index in [1.165, 1.54) is 6.07 Å². The van der Waals surface area contributed by atoms with Crippen LogP contribution < -0.4 is 20.5 Å². The fourth-order valence-corrected chi connectivity index (χ4v) is 2.75. The maximum Gasteiger partial charge on any atom is 0.575 e. The molecule has 0 saturated carbocycles. The number of aromatic amines is 1. The lowest BCUT2D eigenvalue weighted by atomic mass is 10.2. The van der Waals surface area contributed by atoms with E-state index in [1.807, 2.05) is 31.2 Å². The summed E-state index contributed by atoms with van der Waals surface area (Å²) in [7, 11) is 0. The predicted molar refractivity (Wildman–Crippen MR) is 109 cm³/mol. The normalized spacial score (nSPS) is 11.2. The summed E-state index contributed by atoms with van der Waals surface area (Å²) in [6.07, 6.45) is -4.96. The third-order valence-electron chi connectivity index (χ3n) is 4.00. The average molecular weight is 443 g/mol. The molecular weight excluding hydrogens is 427 g/mol. The molecule has 0 atom stereocenters. The second-order valence-corrected chi connectivity index (χ2v) is 6.59. The van der Waals surface area contributed by atoms with Crippen molar-refractivity contribution in [2.45, 2.75) is 13.3 Å². The molecular formula is C20H16F3N7O2. The lowest BCUT2D eigenvalue weighted by Crippen LogP contribution is -2.19. The van der Waals surface area contributed by atoms with Gasteiger partial charge in [0.05, 0.1) is 0 Å². The lowest BCUT2D eigenvalue weighted by molar-refractivity contribution is -0.277. The van der Waals surface area contributed by atoms with Crippen molar-refractivity contribution >= 4 is 17.5 Å². The number of halogens is 3. The van der Waals surface area contributed by atoms with Gasteiger partial charge < -0.3 is 20.5 Å². The molecule has 0 fully saturated rings. The molecule has 0 unspecified atom stereocenters. The van der Waals surface area contributed by atoms with Crippen LogP contribution in [0.4, 0.5) is 30.6 Å². The zero-order valence-electron chi connectivity index (χ0n) is 16.5. The summed E-state index contributed by atoms with van der Waals surface area (Å²) in [5.41, 5.74) is 8.07. The van der Waals surface area contributed by atoms with Gasteiger partial charge in [-0.2, -0.15) is 15.0 Å². The first-order valence-corrected chi connectivity index (χ1v) is 9.18. The molecule has 0 saturated heterocycles. The molecule has 32 heavy (non-hydrogen) atoms. The summed E-state index contributed by atoms with van der Waals surface area (Å²) >= 11 is 0. The zero-order valence-corrected chi connectivity index (χ0v) is 16.5. The number of aryl methyl sites for hydroxylation is 1. The number of hydrogen-bond donors (Lipinski definition) is 3. The maximum absolute atomic E-state index is 12.4. The van der Waals surface area contributed by atoms with Crippen molar-refractivity contribution in [2.75, 3.05) is 11.1 Å². The van der Waals surface area contributed by atoms with Crippen molar-refractivity contribution in [3.05, 3.63) is 60.2 Å². The van der Waals surface area contributed by atoms with E-state index in [9.17, 15) is 13.2 Å². The summed E-state index contributed by atoms with van der Waals surface area (Å²) in [5, 5.41) is 10.1. The minimum absolute atomic E-state index is 0.215. The first-order valence-electron chi connectivity index (χ1n) is 9.18. The molecule has 0 amide bonds. The fraction of sp³-hybridized carbons (Fsp3) is 0.100. The van der Waals surface area contributed by atoms with Gasteiger partial charge in [-0.25, -0.2) is 0 Å². The summed E-state index contributed by atoms with van der Waals surface area (Å²) < 4.78 is 46.5. The van der Waals surface area contributed by atoms with E-state index in [0.29, 0.717) is 17.3 Å². The molecule has 2 aromatic heterocycles. The molecule has 9 nitrogen and oxygen atoms in total. The highest BCUT2D eigenvalue weighted by Gasteiger charge is 2.33. The highest BCUT2D eigenvalue weighted by molar-refractivity contribution is 5.61.